The van der Waals surface area contributed by atoms with Gasteiger partial charge in [0.25, 0.3) is 5.91 Å². The molecule has 1 aromatic heterocycles. The molecule has 30 heavy (non-hydrogen) atoms. The first-order valence-electron chi connectivity index (χ1n) is 9.89. The topological polar surface area (TPSA) is 47.6 Å². The Morgan fingerprint density at radius 3 is 2.60 bits per heavy atom. The molecule has 3 aliphatic rings. The molecule has 0 spiro atoms. The van der Waals surface area contributed by atoms with E-state index in [9.17, 15) is 18.0 Å². The number of nitrogens with zero attached hydrogens (tertiary/aromatic N) is 3. The molecule has 4 rings (SSSR count). The molecule has 0 aromatic carbocycles. The SMILES string of the molecule is C[C@@H]1COC[C@@H](C)[N+]1=C1CC(=O)N2CC[C@@H](C(F)(F)F)[N+](Cc3ccc(Cl)s3)=C2N1. The van der Waals surface area contributed by atoms with Gasteiger partial charge in [0.15, 0.2) is 6.04 Å². The third kappa shape index (κ3) is 4.09. The number of rotatable bonds is 2. The molecule has 0 saturated carbocycles. The second-order valence-corrected chi connectivity index (χ2v) is 9.74. The number of amides is 1. The minimum absolute atomic E-state index is 0.0164. The summed E-state index contributed by atoms with van der Waals surface area (Å²) in [4.78, 5) is 15.1. The average molecular weight is 465 g/mol. The van der Waals surface area contributed by atoms with Gasteiger partial charge < -0.3 is 4.74 Å². The molecule has 0 unspecified atom stereocenters. The summed E-state index contributed by atoms with van der Waals surface area (Å²) in [7, 11) is 0. The molecule has 3 atom stereocenters. The number of alkyl halides is 3. The van der Waals surface area contributed by atoms with Gasteiger partial charge >= 0.3 is 12.1 Å². The maximum Gasteiger partial charge on any atom is 0.422 e. The highest BCUT2D eigenvalue weighted by atomic mass is 35.5. The zero-order valence-electron chi connectivity index (χ0n) is 16.7. The Morgan fingerprint density at radius 2 is 2.00 bits per heavy atom. The van der Waals surface area contributed by atoms with Gasteiger partial charge in [0.1, 0.15) is 25.0 Å². The molecular formula is C19H24ClF3N4O2S+2. The van der Waals surface area contributed by atoms with Crippen LogP contribution in [0.4, 0.5) is 13.2 Å². The fraction of sp³-hybridized carbons (Fsp3) is 0.632. The van der Waals surface area contributed by atoms with Gasteiger partial charge in [-0.1, -0.05) is 11.6 Å². The monoisotopic (exact) mass is 464 g/mol. The van der Waals surface area contributed by atoms with Crippen LogP contribution in [0.3, 0.4) is 0 Å². The highest BCUT2D eigenvalue weighted by molar-refractivity contribution is 7.16. The number of thiophene rings is 1. The molecule has 3 aliphatic heterocycles. The average Bonchev–Trinajstić information content (AvgIpc) is 3.06. The molecule has 1 amide bonds. The molecule has 1 N–H and O–H groups in total. The minimum atomic E-state index is -4.41. The summed E-state index contributed by atoms with van der Waals surface area (Å²) >= 11 is 7.23. The normalized spacial score (nSPS) is 28.0. The number of guanidine groups is 1. The molecule has 1 aromatic rings. The number of halogens is 4. The summed E-state index contributed by atoms with van der Waals surface area (Å²) in [6.07, 6.45) is -4.45. The zero-order valence-corrected chi connectivity index (χ0v) is 18.3. The van der Waals surface area contributed by atoms with Crippen molar-refractivity contribution in [1.29, 1.82) is 0 Å². The largest absolute Gasteiger partial charge is 0.422 e. The number of fused-ring (bicyclic) bond motifs is 1. The number of nitrogens with one attached hydrogen (secondary N) is 1. The lowest BCUT2D eigenvalue weighted by atomic mass is 10.1. The van der Waals surface area contributed by atoms with Gasteiger partial charge in [-0.25, -0.2) is 14.8 Å². The lowest BCUT2D eigenvalue weighted by Gasteiger charge is -2.36. The fourth-order valence-electron chi connectivity index (χ4n) is 4.43. The van der Waals surface area contributed by atoms with Crippen molar-refractivity contribution in [3.63, 3.8) is 0 Å². The third-order valence-corrected chi connectivity index (χ3v) is 6.93. The Bertz CT molecular complexity index is 902. The first-order chi connectivity index (χ1) is 14.1. The predicted molar refractivity (Wildman–Crippen MR) is 107 cm³/mol. The zero-order chi connectivity index (χ0) is 21.6. The van der Waals surface area contributed by atoms with Crippen LogP contribution in [0.1, 0.15) is 31.6 Å². The number of hydrogen-bond donors (Lipinski definition) is 1. The Labute approximate surface area is 181 Å². The predicted octanol–water partition coefficient (Wildman–Crippen LogP) is 2.64. The van der Waals surface area contributed by atoms with Gasteiger partial charge in [0.05, 0.1) is 24.1 Å². The van der Waals surface area contributed by atoms with E-state index in [0.717, 1.165) is 0 Å². The summed E-state index contributed by atoms with van der Waals surface area (Å²) in [5, 5.41) is 3.20. The Kier molecular flexibility index (Phi) is 5.84. The summed E-state index contributed by atoms with van der Waals surface area (Å²) in [6.45, 7) is 5.04. The summed E-state index contributed by atoms with van der Waals surface area (Å²) in [5.74, 6) is 0.635. The first kappa shape index (κ1) is 21.6. The maximum absolute atomic E-state index is 13.9. The number of ether oxygens (including phenoxy) is 1. The van der Waals surface area contributed by atoms with Crippen molar-refractivity contribution in [2.24, 2.45) is 0 Å². The minimum Gasteiger partial charge on any atom is -0.373 e. The van der Waals surface area contributed by atoms with Crippen LogP contribution in [0.15, 0.2) is 12.1 Å². The van der Waals surface area contributed by atoms with Crippen molar-refractivity contribution in [2.45, 2.75) is 57.5 Å². The first-order valence-corrected chi connectivity index (χ1v) is 11.1. The number of hydrogen-bond acceptors (Lipinski definition) is 3. The molecule has 2 saturated heterocycles. The Hall–Kier alpha value is -1.65. The van der Waals surface area contributed by atoms with Crippen LogP contribution in [0.5, 0.6) is 0 Å². The van der Waals surface area contributed by atoms with Crippen LogP contribution in [-0.2, 0) is 16.1 Å². The van der Waals surface area contributed by atoms with Crippen LogP contribution < -0.4 is 5.32 Å². The van der Waals surface area contributed by atoms with E-state index in [0.29, 0.717) is 28.3 Å². The molecular weight excluding hydrogens is 441 g/mol. The van der Waals surface area contributed by atoms with Gasteiger partial charge in [-0.15, -0.1) is 11.3 Å². The van der Waals surface area contributed by atoms with E-state index in [1.807, 2.05) is 13.8 Å². The fourth-order valence-corrected chi connectivity index (χ4v) is 5.52. The highest BCUT2D eigenvalue weighted by Crippen LogP contribution is 2.31. The highest BCUT2D eigenvalue weighted by Gasteiger charge is 2.52. The van der Waals surface area contributed by atoms with Crippen molar-refractivity contribution in [1.82, 2.24) is 10.2 Å². The van der Waals surface area contributed by atoms with E-state index in [1.165, 1.54) is 20.8 Å². The van der Waals surface area contributed by atoms with Gasteiger partial charge in [-0.05, 0) is 26.0 Å². The van der Waals surface area contributed by atoms with Gasteiger partial charge in [-0.2, -0.15) is 13.2 Å². The van der Waals surface area contributed by atoms with Crippen LogP contribution in [0.2, 0.25) is 4.34 Å². The molecule has 11 heteroatoms. The van der Waals surface area contributed by atoms with Crippen molar-refractivity contribution in [3.8, 4) is 0 Å². The molecule has 2 fully saturated rings. The van der Waals surface area contributed by atoms with Crippen molar-refractivity contribution in [3.05, 3.63) is 21.3 Å². The van der Waals surface area contributed by atoms with Crippen LogP contribution in [-0.4, -0.2) is 75.8 Å². The molecule has 0 aliphatic carbocycles. The standard InChI is InChI=1S/C19H23ClF3N4O2S/c1-11-9-29-10-12(2)27(11)16-7-17(28)25-6-5-14(19(21,22)23)26(18(25)24-16)8-13-3-4-15(20)30-13/h3-4,11-12,14H,5-10H2,1-2H3/q+1/p+1/t11-,12-,14+/m1/s1. The van der Waals surface area contributed by atoms with Gasteiger partial charge in [0, 0.05) is 11.3 Å². The second-order valence-electron chi connectivity index (χ2n) is 7.94. The number of amidine groups is 1. The van der Waals surface area contributed by atoms with E-state index in [1.54, 1.807) is 12.1 Å². The van der Waals surface area contributed by atoms with Crippen molar-refractivity contribution >= 4 is 40.6 Å². The Morgan fingerprint density at radius 1 is 1.30 bits per heavy atom. The van der Waals surface area contributed by atoms with Crippen molar-refractivity contribution < 1.29 is 31.9 Å². The molecule has 0 bridgehead atoms. The third-order valence-electron chi connectivity index (χ3n) is 5.72. The molecule has 4 heterocycles. The quantitative estimate of drug-likeness (QED) is 0.685. The van der Waals surface area contributed by atoms with Gasteiger partial charge in [0.2, 0.25) is 5.84 Å². The second kappa shape index (κ2) is 8.12. The number of carbonyl (C=O) groups excluding carboxylic acids is 1. The summed E-state index contributed by atoms with van der Waals surface area (Å²) < 4.78 is 51.1. The van der Waals surface area contributed by atoms with E-state index in [4.69, 9.17) is 16.3 Å². The lowest BCUT2D eigenvalue weighted by molar-refractivity contribution is -0.627. The molecule has 164 valence electrons. The van der Waals surface area contributed by atoms with Crippen molar-refractivity contribution in [2.75, 3.05) is 19.8 Å². The number of morpholine rings is 1. The van der Waals surface area contributed by atoms with Crippen LogP contribution in [0, 0.1) is 0 Å². The van der Waals surface area contributed by atoms with E-state index in [2.05, 4.69) is 9.89 Å². The summed E-state index contributed by atoms with van der Waals surface area (Å²) in [5.41, 5.74) is 0. The molecule has 6 nitrogen and oxygen atoms in total. The Balaban J connectivity index is 1.80. The van der Waals surface area contributed by atoms with Crippen LogP contribution in [0.25, 0.3) is 0 Å². The van der Waals surface area contributed by atoms with E-state index in [-0.39, 0.29) is 49.9 Å². The smallest absolute Gasteiger partial charge is 0.373 e. The molecule has 0 radical (unpaired) electrons. The summed E-state index contributed by atoms with van der Waals surface area (Å²) in [6, 6.07) is 1.75. The number of carbonyl (C=O) groups is 1. The van der Waals surface area contributed by atoms with Gasteiger partial charge in [-0.3, -0.25) is 9.37 Å². The van der Waals surface area contributed by atoms with Crippen LogP contribution >= 0.6 is 22.9 Å². The van der Waals surface area contributed by atoms with E-state index < -0.39 is 12.2 Å². The maximum atomic E-state index is 13.9. The van der Waals surface area contributed by atoms with E-state index >= 15 is 0 Å². The lowest BCUT2D eigenvalue weighted by Crippen LogP contribution is -2.66.